The Morgan fingerprint density at radius 1 is 0.971 bits per heavy atom. The number of nitrogens with zero attached hydrogens (tertiary/aromatic N) is 1. The summed E-state index contributed by atoms with van der Waals surface area (Å²) in [5.41, 5.74) is 1.73. The van der Waals surface area contributed by atoms with E-state index >= 15 is 0 Å². The highest BCUT2D eigenvalue weighted by Gasteiger charge is 2.50. The number of carbonyl (C=O) groups is 3. The van der Waals surface area contributed by atoms with Gasteiger partial charge in [-0.05, 0) is 47.4 Å². The zero-order chi connectivity index (χ0) is 23.9. The summed E-state index contributed by atoms with van der Waals surface area (Å²) in [4.78, 5) is 54.1. The SMILES string of the molecule is CCOc1ccc2c(c1)C(=O)N(CC1(c3ccc(-c4cc[nH]c(=O)c4)cc3)NC(=O)NC1=O)C2. The van der Waals surface area contributed by atoms with E-state index in [2.05, 4.69) is 15.6 Å². The first-order valence-electron chi connectivity index (χ1n) is 10.9. The maximum atomic E-state index is 13.2. The minimum absolute atomic E-state index is 0.0353. The number of imide groups is 1. The summed E-state index contributed by atoms with van der Waals surface area (Å²) in [5.74, 6) is -0.154. The van der Waals surface area contributed by atoms with Crippen LogP contribution in [-0.2, 0) is 16.9 Å². The Bertz CT molecular complexity index is 1360. The van der Waals surface area contributed by atoms with Gasteiger partial charge in [0.2, 0.25) is 5.56 Å². The van der Waals surface area contributed by atoms with E-state index < -0.39 is 17.5 Å². The average molecular weight is 458 g/mol. The summed E-state index contributed by atoms with van der Waals surface area (Å²) in [5, 5.41) is 5.04. The maximum absolute atomic E-state index is 13.2. The van der Waals surface area contributed by atoms with Crippen LogP contribution in [0.3, 0.4) is 0 Å². The highest BCUT2D eigenvalue weighted by Crippen LogP contribution is 2.33. The van der Waals surface area contributed by atoms with Gasteiger partial charge in [-0.15, -0.1) is 0 Å². The molecule has 2 aliphatic heterocycles. The molecule has 1 saturated heterocycles. The molecule has 3 aromatic rings. The molecule has 0 saturated carbocycles. The molecule has 0 spiro atoms. The number of pyridine rings is 1. The number of urea groups is 1. The molecule has 1 fully saturated rings. The largest absolute Gasteiger partial charge is 0.494 e. The lowest BCUT2D eigenvalue weighted by molar-refractivity contribution is -0.124. The Morgan fingerprint density at radius 2 is 1.76 bits per heavy atom. The van der Waals surface area contributed by atoms with Gasteiger partial charge >= 0.3 is 6.03 Å². The third-order valence-corrected chi connectivity index (χ3v) is 6.13. The summed E-state index contributed by atoms with van der Waals surface area (Å²) in [7, 11) is 0. The van der Waals surface area contributed by atoms with Gasteiger partial charge in [0.05, 0.1) is 13.2 Å². The third-order valence-electron chi connectivity index (χ3n) is 6.13. The fourth-order valence-electron chi connectivity index (χ4n) is 4.48. The molecule has 9 nitrogen and oxygen atoms in total. The molecule has 2 aromatic carbocycles. The second-order valence-electron chi connectivity index (χ2n) is 8.25. The molecular formula is C25H22N4O5. The van der Waals surface area contributed by atoms with E-state index in [9.17, 15) is 19.2 Å². The third kappa shape index (κ3) is 3.61. The highest BCUT2D eigenvalue weighted by atomic mass is 16.5. The van der Waals surface area contributed by atoms with Gasteiger partial charge in [0, 0.05) is 24.4 Å². The molecule has 2 aliphatic rings. The lowest BCUT2D eigenvalue weighted by atomic mass is 9.88. The summed E-state index contributed by atoms with van der Waals surface area (Å²) in [6.07, 6.45) is 1.56. The van der Waals surface area contributed by atoms with Crippen molar-refractivity contribution in [2.24, 2.45) is 0 Å². The van der Waals surface area contributed by atoms with Crippen LogP contribution in [0.4, 0.5) is 4.79 Å². The maximum Gasteiger partial charge on any atom is 0.322 e. The number of fused-ring (bicyclic) bond motifs is 1. The van der Waals surface area contributed by atoms with Crippen LogP contribution in [0.2, 0.25) is 0 Å². The van der Waals surface area contributed by atoms with E-state index in [4.69, 9.17) is 4.74 Å². The summed E-state index contributed by atoms with van der Waals surface area (Å²) in [6.45, 7) is 2.63. The minimum Gasteiger partial charge on any atom is -0.494 e. The number of ether oxygens (including phenoxy) is 1. The first-order chi connectivity index (χ1) is 16.4. The average Bonchev–Trinajstić information content (AvgIpc) is 3.29. The van der Waals surface area contributed by atoms with Crippen molar-refractivity contribution in [2.75, 3.05) is 13.2 Å². The predicted octanol–water partition coefficient (Wildman–Crippen LogP) is 2.13. The van der Waals surface area contributed by atoms with E-state index in [0.717, 1.165) is 16.7 Å². The standard InChI is InChI=1S/C25H22N4O5/c1-2-34-19-8-5-17-13-29(22(31)20(17)12-19)14-25(23(32)27-24(33)28-25)18-6-3-15(4-7-18)16-9-10-26-21(30)11-16/h3-12H,2,13-14H2,1H3,(H,26,30)(H2,27,28,32,33). The first-order valence-corrected chi connectivity index (χ1v) is 10.9. The van der Waals surface area contributed by atoms with Crippen molar-refractivity contribution in [2.45, 2.75) is 19.0 Å². The van der Waals surface area contributed by atoms with Crippen LogP contribution < -0.4 is 20.9 Å². The van der Waals surface area contributed by atoms with Crippen molar-refractivity contribution in [3.05, 3.63) is 87.8 Å². The second-order valence-corrected chi connectivity index (χ2v) is 8.25. The van der Waals surface area contributed by atoms with Crippen LogP contribution in [-0.4, -0.2) is 40.9 Å². The lowest BCUT2D eigenvalue weighted by Crippen LogP contribution is -2.52. The van der Waals surface area contributed by atoms with E-state index in [0.29, 0.717) is 30.0 Å². The number of H-pyrrole nitrogens is 1. The molecule has 172 valence electrons. The van der Waals surface area contributed by atoms with Crippen LogP contribution >= 0.6 is 0 Å². The molecule has 9 heteroatoms. The van der Waals surface area contributed by atoms with Gasteiger partial charge in [-0.3, -0.25) is 19.7 Å². The van der Waals surface area contributed by atoms with Crippen LogP contribution in [0.5, 0.6) is 5.75 Å². The normalized spacial score (nSPS) is 19.1. The van der Waals surface area contributed by atoms with Gasteiger partial charge < -0.3 is 19.9 Å². The van der Waals surface area contributed by atoms with Crippen LogP contribution in [0.15, 0.2) is 65.6 Å². The lowest BCUT2D eigenvalue weighted by Gasteiger charge is -2.31. The van der Waals surface area contributed by atoms with Crippen molar-refractivity contribution in [3.8, 4) is 16.9 Å². The summed E-state index contributed by atoms with van der Waals surface area (Å²) < 4.78 is 5.51. The van der Waals surface area contributed by atoms with Gasteiger partial charge in [-0.2, -0.15) is 0 Å². The molecule has 3 heterocycles. The topological polar surface area (TPSA) is 121 Å². The number of nitrogens with one attached hydrogen (secondary N) is 3. The van der Waals surface area contributed by atoms with Crippen molar-refractivity contribution in [1.82, 2.24) is 20.5 Å². The van der Waals surface area contributed by atoms with Crippen molar-refractivity contribution in [1.29, 1.82) is 0 Å². The van der Waals surface area contributed by atoms with Crippen LogP contribution in [0, 0.1) is 0 Å². The zero-order valence-corrected chi connectivity index (χ0v) is 18.4. The molecule has 1 atom stereocenters. The number of amides is 4. The molecule has 0 radical (unpaired) electrons. The number of hydrogen-bond acceptors (Lipinski definition) is 5. The van der Waals surface area contributed by atoms with Gasteiger partial charge in [-0.1, -0.05) is 30.3 Å². The quantitative estimate of drug-likeness (QED) is 0.489. The number of aromatic nitrogens is 1. The number of benzene rings is 2. The molecule has 0 bridgehead atoms. The second kappa shape index (κ2) is 8.18. The number of carbonyl (C=O) groups excluding carboxylic acids is 3. The highest BCUT2D eigenvalue weighted by molar-refractivity contribution is 6.08. The molecule has 34 heavy (non-hydrogen) atoms. The smallest absolute Gasteiger partial charge is 0.322 e. The molecule has 1 unspecified atom stereocenters. The Hall–Kier alpha value is -4.40. The fraction of sp³-hybridized carbons (Fsp3) is 0.200. The zero-order valence-electron chi connectivity index (χ0n) is 18.4. The van der Waals surface area contributed by atoms with Crippen molar-refractivity contribution < 1.29 is 19.1 Å². The Morgan fingerprint density at radius 3 is 2.44 bits per heavy atom. The molecule has 4 amide bonds. The van der Waals surface area contributed by atoms with E-state index in [1.165, 1.54) is 6.07 Å². The Kier molecular flexibility index (Phi) is 5.16. The summed E-state index contributed by atoms with van der Waals surface area (Å²) >= 11 is 0. The van der Waals surface area contributed by atoms with Crippen molar-refractivity contribution >= 4 is 17.8 Å². The monoisotopic (exact) mass is 458 g/mol. The van der Waals surface area contributed by atoms with E-state index in [1.54, 1.807) is 47.5 Å². The number of rotatable bonds is 6. The molecule has 5 rings (SSSR count). The number of aromatic amines is 1. The van der Waals surface area contributed by atoms with Gasteiger partial charge in [0.1, 0.15) is 5.75 Å². The fourth-order valence-corrected chi connectivity index (χ4v) is 4.48. The molecular weight excluding hydrogens is 436 g/mol. The Balaban J connectivity index is 1.47. The van der Waals surface area contributed by atoms with Gasteiger partial charge in [0.15, 0.2) is 5.54 Å². The minimum atomic E-state index is -1.44. The first kappa shape index (κ1) is 21.4. The van der Waals surface area contributed by atoms with Gasteiger partial charge in [-0.25, -0.2) is 4.79 Å². The van der Waals surface area contributed by atoms with Crippen molar-refractivity contribution in [3.63, 3.8) is 0 Å². The molecule has 1 aromatic heterocycles. The van der Waals surface area contributed by atoms with Crippen LogP contribution in [0.25, 0.3) is 11.1 Å². The van der Waals surface area contributed by atoms with E-state index in [-0.39, 0.29) is 18.0 Å². The van der Waals surface area contributed by atoms with Crippen LogP contribution in [0.1, 0.15) is 28.4 Å². The predicted molar refractivity (Wildman–Crippen MR) is 123 cm³/mol. The number of hydrogen-bond donors (Lipinski definition) is 3. The molecule has 3 N–H and O–H groups in total. The Labute approximate surface area is 194 Å². The summed E-state index contributed by atoms with van der Waals surface area (Å²) in [6, 6.07) is 15.0. The van der Waals surface area contributed by atoms with Gasteiger partial charge in [0.25, 0.3) is 11.8 Å². The molecule has 0 aliphatic carbocycles. The van der Waals surface area contributed by atoms with E-state index in [1.807, 2.05) is 19.1 Å².